The van der Waals surface area contributed by atoms with Gasteiger partial charge < -0.3 is 19.6 Å². The fourth-order valence-corrected chi connectivity index (χ4v) is 3.59. The van der Waals surface area contributed by atoms with Gasteiger partial charge in [-0.2, -0.15) is 0 Å². The Morgan fingerprint density at radius 2 is 1.96 bits per heavy atom. The topological polar surface area (TPSA) is 70.1 Å². The highest BCUT2D eigenvalue weighted by Crippen LogP contribution is 2.34. The van der Waals surface area contributed by atoms with Crippen molar-refractivity contribution in [2.75, 3.05) is 31.1 Å². The van der Waals surface area contributed by atoms with Gasteiger partial charge >= 0.3 is 5.97 Å². The first kappa shape index (κ1) is 16.9. The number of amides is 1. The molecule has 0 aromatic heterocycles. The normalized spacial score (nSPS) is 24.3. The zero-order valence-electron chi connectivity index (χ0n) is 14.0. The smallest absolute Gasteiger partial charge is 0.304 e. The van der Waals surface area contributed by atoms with Crippen LogP contribution < -0.4 is 4.90 Å². The predicted octanol–water partition coefficient (Wildman–Crippen LogP) is 1.75. The van der Waals surface area contributed by atoms with Gasteiger partial charge in [0, 0.05) is 25.3 Å². The van der Waals surface area contributed by atoms with E-state index in [2.05, 4.69) is 4.90 Å². The van der Waals surface area contributed by atoms with Crippen LogP contribution in [0.2, 0.25) is 0 Å². The fourth-order valence-electron chi connectivity index (χ4n) is 3.59. The van der Waals surface area contributed by atoms with E-state index >= 15 is 0 Å². The van der Waals surface area contributed by atoms with Gasteiger partial charge in [-0.15, -0.1) is 0 Å². The number of aliphatic carboxylic acids is 1. The van der Waals surface area contributed by atoms with E-state index < -0.39 is 12.1 Å². The van der Waals surface area contributed by atoms with Crippen LogP contribution in [0.5, 0.6) is 0 Å². The number of piperidine rings is 1. The Hall–Kier alpha value is -1.92. The molecular formula is C18H24N2O4. The van der Waals surface area contributed by atoms with Crippen LogP contribution in [-0.4, -0.2) is 59.8 Å². The number of hydrogen-bond donors (Lipinski definition) is 1. The maximum Gasteiger partial charge on any atom is 0.304 e. The zero-order valence-corrected chi connectivity index (χ0v) is 14.0. The van der Waals surface area contributed by atoms with Gasteiger partial charge in [0.25, 0.3) is 5.91 Å². The maximum atomic E-state index is 12.5. The fraction of sp³-hybridized carbons (Fsp3) is 0.556. The highest BCUT2D eigenvalue weighted by molar-refractivity contribution is 5.97. The van der Waals surface area contributed by atoms with Crippen LogP contribution in [0.15, 0.2) is 30.3 Å². The Morgan fingerprint density at radius 3 is 2.58 bits per heavy atom. The Bertz CT molecular complexity index is 596. The molecule has 1 aromatic rings. The van der Waals surface area contributed by atoms with Crippen molar-refractivity contribution in [3.8, 4) is 0 Å². The molecule has 130 valence electrons. The highest BCUT2D eigenvalue weighted by atomic mass is 16.5. The van der Waals surface area contributed by atoms with Crippen molar-refractivity contribution in [1.29, 1.82) is 0 Å². The summed E-state index contributed by atoms with van der Waals surface area (Å²) in [7, 11) is 0. The van der Waals surface area contributed by atoms with E-state index in [0.717, 1.165) is 31.6 Å². The molecule has 1 N–H and O–H groups in total. The highest BCUT2D eigenvalue weighted by Gasteiger charge is 2.45. The molecule has 0 radical (unpaired) electrons. The average molecular weight is 332 g/mol. The predicted molar refractivity (Wildman–Crippen MR) is 90.0 cm³/mol. The minimum atomic E-state index is -0.765. The van der Waals surface area contributed by atoms with Gasteiger partial charge in [0.2, 0.25) is 0 Å². The molecular weight excluding hydrogens is 308 g/mol. The molecule has 1 aromatic carbocycles. The standard InChI is InChI=1S/C18H24N2O4/c1-14-17(23)20(15-5-3-2-4-6-15)13-18(24-14)8-11-19(12-9-18)10-7-16(21)22/h2-6,14H,7-13H2,1H3,(H,21,22). The molecule has 0 saturated carbocycles. The lowest BCUT2D eigenvalue weighted by Crippen LogP contribution is -2.61. The number of benzene rings is 1. The molecule has 2 aliphatic heterocycles. The zero-order chi connectivity index (χ0) is 17.2. The van der Waals surface area contributed by atoms with E-state index in [-0.39, 0.29) is 17.9 Å². The minimum Gasteiger partial charge on any atom is -0.481 e. The van der Waals surface area contributed by atoms with Crippen LogP contribution >= 0.6 is 0 Å². The first-order chi connectivity index (χ1) is 11.5. The van der Waals surface area contributed by atoms with Crippen LogP contribution in [0, 0.1) is 0 Å². The second-order valence-corrected chi connectivity index (χ2v) is 6.69. The van der Waals surface area contributed by atoms with E-state index in [9.17, 15) is 9.59 Å². The number of likely N-dealkylation sites (tertiary alicyclic amines) is 1. The van der Waals surface area contributed by atoms with Gasteiger partial charge in [-0.1, -0.05) is 18.2 Å². The molecule has 6 heteroatoms. The lowest BCUT2D eigenvalue weighted by molar-refractivity contribution is -0.161. The number of anilines is 1. The summed E-state index contributed by atoms with van der Waals surface area (Å²) in [4.78, 5) is 27.2. The minimum absolute atomic E-state index is 0.000122. The van der Waals surface area contributed by atoms with Gasteiger partial charge in [-0.25, -0.2) is 0 Å². The third-order valence-corrected chi connectivity index (χ3v) is 4.96. The molecule has 2 fully saturated rings. The third kappa shape index (κ3) is 3.60. The summed E-state index contributed by atoms with van der Waals surface area (Å²) >= 11 is 0. The van der Waals surface area contributed by atoms with E-state index in [4.69, 9.17) is 9.84 Å². The second-order valence-electron chi connectivity index (χ2n) is 6.69. The van der Waals surface area contributed by atoms with Crippen molar-refractivity contribution in [2.45, 2.75) is 37.9 Å². The van der Waals surface area contributed by atoms with Crippen molar-refractivity contribution in [1.82, 2.24) is 4.90 Å². The van der Waals surface area contributed by atoms with E-state index in [1.165, 1.54) is 0 Å². The monoisotopic (exact) mass is 332 g/mol. The van der Waals surface area contributed by atoms with Gasteiger partial charge in [-0.05, 0) is 31.9 Å². The van der Waals surface area contributed by atoms with Crippen LogP contribution in [0.3, 0.4) is 0 Å². The number of carbonyl (C=O) groups is 2. The Morgan fingerprint density at radius 1 is 1.29 bits per heavy atom. The van der Waals surface area contributed by atoms with Gasteiger partial charge in [0.15, 0.2) is 0 Å². The largest absolute Gasteiger partial charge is 0.481 e. The molecule has 6 nitrogen and oxygen atoms in total. The van der Waals surface area contributed by atoms with Crippen molar-refractivity contribution >= 4 is 17.6 Å². The van der Waals surface area contributed by atoms with Crippen LogP contribution in [0.1, 0.15) is 26.2 Å². The summed E-state index contributed by atoms with van der Waals surface area (Å²) in [6.07, 6.45) is 1.34. The SMILES string of the molecule is CC1OC2(CCN(CCC(=O)O)CC2)CN(c2ccccc2)C1=O. The van der Waals surface area contributed by atoms with Crippen molar-refractivity contribution in [2.24, 2.45) is 0 Å². The van der Waals surface area contributed by atoms with Crippen molar-refractivity contribution in [3.63, 3.8) is 0 Å². The average Bonchev–Trinajstić information content (AvgIpc) is 2.58. The van der Waals surface area contributed by atoms with Crippen molar-refractivity contribution in [3.05, 3.63) is 30.3 Å². The third-order valence-electron chi connectivity index (χ3n) is 4.96. The maximum absolute atomic E-state index is 12.5. The molecule has 3 rings (SSSR count). The lowest BCUT2D eigenvalue weighted by Gasteiger charge is -2.49. The summed E-state index contributed by atoms with van der Waals surface area (Å²) in [6.45, 7) is 4.55. The number of carboxylic acid groups (broad SMARTS) is 1. The second kappa shape index (κ2) is 6.91. The first-order valence-electron chi connectivity index (χ1n) is 8.47. The number of nitrogens with zero attached hydrogens (tertiary/aromatic N) is 2. The molecule has 24 heavy (non-hydrogen) atoms. The lowest BCUT2D eigenvalue weighted by atomic mass is 9.88. The number of carboxylic acids is 1. The number of rotatable bonds is 4. The summed E-state index contributed by atoms with van der Waals surface area (Å²) in [5, 5.41) is 8.82. The molecule has 2 aliphatic rings. The molecule has 1 atom stereocenters. The summed E-state index contributed by atoms with van der Waals surface area (Å²) < 4.78 is 6.12. The number of morpholine rings is 1. The number of para-hydroxylation sites is 1. The van der Waals surface area contributed by atoms with Crippen molar-refractivity contribution < 1.29 is 19.4 Å². The number of ether oxygens (including phenoxy) is 1. The molecule has 2 saturated heterocycles. The molecule has 2 heterocycles. The van der Waals surface area contributed by atoms with Crippen LogP contribution in [0.25, 0.3) is 0 Å². The molecule has 1 amide bonds. The molecule has 1 unspecified atom stereocenters. The summed E-state index contributed by atoms with van der Waals surface area (Å²) in [5.74, 6) is -0.765. The van der Waals surface area contributed by atoms with E-state index in [0.29, 0.717) is 13.1 Å². The number of carbonyl (C=O) groups excluding carboxylic acids is 1. The Labute approximate surface area is 142 Å². The Balaban J connectivity index is 1.68. The molecule has 0 aliphatic carbocycles. The number of hydrogen-bond acceptors (Lipinski definition) is 4. The van der Waals surface area contributed by atoms with Gasteiger partial charge in [0.1, 0.15) is 6.10 Å². The molecule has 0 bridgehead atoms. The van der Waals surface area contributed by atoms with E-state index in [1.54, 1.807) is 0 Å². The van der Waals surface area contributed by atoms with Crippen LogP contribution in [0.4, 0.5) is 5.69 Å². The molecule has 1 spiro atoms. The van der Waals surface area contributed by atoms with Gasteiger partial charge in [-0.3, -0.25) is 9.59 Å². The summed E-state index contributed by atoms with van der Waals surface area (Å²) in [6, 6.07) is 9.71. The first-order valence-corrected chi connectivity index (χ1v) is 8.47. The summed E-state index contributed by atoms with van der Waals surface area (Å²) in [5.41, 5.74) is 0.577. The van der Waals surface area contributed by atoms with Crippen LogP contribution in [-0.2, 0) is 14.3 Å². The van der Waals surface area contributed by atoms with Gasteiger partial charge in [0.05, 0.1) is 18.6 Å². The Kier molecular flexibility index (Phi) is 4.87. The quantitative estimate of drug-likeness (QED) is 0.909. The van der Waals surface area contributed by atoms with E-state index in [1.807, 2.05) is 42.2 Å².